The fourth-order valence-electron chi connectivity index (χ4n) is 3.23. The van der Waals surface area contributed by atoms with Crippen LogP contribution in [-0.4, -0.2) is 30.5 Å². The monoisotopic (exact) mass is 333 g/mol. The summed E-state index contributed by atoms with van der Waals surface area (Å²) in [5.41, 5.74) is 2.12. The minimum atomic E-state index is -1.14. The van der Waals surface area contributed by atoms with Crippen molar-refractivity contribution >= 4 is 10.8 Å². The summed E-state index contributed by atoms with van der Waals surface area (Å²) in [5.74, 6) is -0.0253. The lowest BCUT2D eigenvalue weighted by Gasteiger charge is -2.31. The van der Waals surface area contributed by atoms with Crippen LogP contribution in [0.4, 0.5) is 0 Å². The molecular formula is C19H19N5O. The molecule has 126 valence electrons. The van der Waals surface area contributed by atoms with E-state index in [1.807, 2.05) is 44.2 Å². The van der Waals surface area contributed by atoms with Gasteiger partial charge in [0, 0.05) is 18.0 Å². The minimum Gasteiger partial charge on any atom is -0.378 e. The van der Waals surface area contributed by atoms with E-state index in [0.717, 1.165) is 27.6 Å². The molecule has 0 radical (unpaired) electrons. The van der Waals surface area contributed by atoms with Gasteiger partial charge in [0.2, 0.25) is 0 Å². The van der Waals surface area contributed by atoms with Crippen molar-refractivity contribution in [1.29, 1.82) is 0 Å². The molecular weight excluding hydrogens is 314 g/mol. The van der Waals surface area contributed by atoms with Crippen LogP contribution in [0.1, 0.15) is 25.1 Å². The van der Waals surface area contributed by atoms with E-state index in [2.05, 4.69) is 31.4 Å². The zero-order valence-electron chi connectivity index (χ0n) is 14.1. The van der Waals surface area contributed by atoms with Gasteiger partial charge in [-0.2, -0.15) is 0 Å². The third-order valence-corrected chi connectivity index (χ3v) is 4.72. The number of hydrogen-bond acceptors (Lipinski definition) is 4. The van der Waals surface area contributed by atoms with Crippen LogP contribution in [0.3, 0.4) is 0 Å². The Bertz CT molecular complexity index is 992. The molecule has 0 aliphatic heterocycles. The van der Waals surface area contributed by atoms with Crippen LogP contribution < -0.4 is 0 Å². The number of aromatic amines is 2. The molecule has 0 saturated heterocycles. The molecule has 25 heavy (non-hydrogen) atoms. The second kappa shape index (κ2) is 5.82. The van der Waals surface area contributed by atoms with Crippen molar-refractivity contribution in [3.63, 3.8) is 0 Å². The third-order valence-electron chi connectivity index (χ3n) is 4.72. The van der Waals surface area contributed by atoms with Crippen molar-refractivity contribution < 1.29 is 5.11 Å². The highest BCUT2D eigenvalue weighted by molar-refractivity contribution is 5.87. The molecule has 4 aromatic rings. The fraction of sp³-hybridized carbons (Fsp3) is 0.211. The Balaban J connectivity index is 1.82. The molecule has 2 aromatic carbocycles. The molecule has 2 aromatic heterocycles. The topological polar surface area (TPSA) is 90.5 Å². The van der Waals surface area contributed by atoms with E-state index in [1.165, 1.54) is 0 Å². The summed E-state index contributed by atoms with van der Waals surface area (Å²) < 4.78 is 0. The smallest absolute Gasteiger partial charge is 0.135 e. The predicted octanol–water partition coefficient (Wildman–Crippen LogP) is 3.24. The lowest BCUT2D eigenvalue weighted by atomic mass is 9.80. The standard InChI is InChI=1S/C19H19N5O/c1-12(2)19(25,18-10-20-11-21-18)16-6-5-13-7-15(4-3-14(13)8-16)17-9-22-24-23-17/h3-12,25H,1-2H3,(H,20,21)(H,22,23,24). The average molecular weight is 333 g/mol. The van der Waals surface area contributed by atoms with Crippen LogP contribution in [-0.2, 0) is 5.60 Å². The summed E-state index contributed by atoms with van der Waals surface area (Å²) in [6.07, 6.45) is 5.11. The quantitative estimate of drug-likeness (QED) is 0.535. The summed E-state index contributed by atoms with van der Waals surface area (Å²) in [7, 11) is 0. The number of rotatable bonds is 4. The number of benzene rings is 2. The van der Waals surface area contributed by atoms with Crippen molar-refractivity contribution in [2.45, 2.75) is 19.4 Å². The van der Waals surface area contributed by atoms with Gasteiger partial charge >= 0.3 is 0 Å². The largest absolute Gasteiger partial charge is 0.378 e. The Morgan fingerprint density at radius 2 is 1.84 bits per heavy atom. The first-order valence-electron chi connectivity index (χ1n) is 8.22. The number of hydrogen-bond donors (Lipinski definition) is 3. The van der Waals surface area contributed by atoms with Crippen molar-refractivity contribution in [3.05, 3.63) is 66.4 Å². The van der Waals surface area contributed by atoms with Gasteiger partial charge in [-0.15, -0.1) is 5.10 Å². The summed E-state index contributed by atoms with van der Waals surface area (Å²) in [6.45, 7) is 3.99. The van der Waals surface area contributed by atoms with E-state index in [4.69, 9.17) is 0 Å². The first-order chi connectivity index (χ1) is 12.1. The van der Waals surface area contributed by atoms with E-state index in [0.29, 0.717) is 5.69 Å². The van der Waals surface area contributed by atoms with E-state index in [-0.39, 0.29) is 5.92 Å². The first-order valence-corrected chi connectivity index (χ1v) is 8.22. The highest BCUT2D eigenvalue weighted by Crippen LogP contribution is 2.37. The maximum absolute atomic E-state index is 11.4. The van der Waals surface area contributed by atoms with E-state index >= 15 is 0 Å². The van der Waals surface area contributed by atoms with Crippen molar-refractivity contribution in [2.75, 3.05) is 0 Å². The molecule has 0 bridgehead atoms. The van der Waals surface area contributed by atoms with Crippen molar-refractivity contribution in [3.8, 4) is 11.3 Å². The number of H-pyrrole nitrogens is 2. The van der Waals surface area contributed by atoms with E-state index in [1.54, 1.807) is 18.7 Å². The lowest BCUT2D eigenvalue weighted by Crippen LogP contribution is -2.33. The van der Waals surface area contributed by atoms with E-state index < -0.39 is 5.60 Å². The zero-order chi connectivity index (χ0) is 17.4. The average Bonchev–Trinajstić information content (AvgIpc) is 3.33. The van der Waals surface area contributed by atoms with Gasteiger partial charge in [0.15, 0.2) is 0 Å². The molecule has 6 heteroatoms. The van der Waals surface area contributed by atoms with Gasteiger partial charge in [-0.05, 0) is 34.4 Å². The third kappa shape index (κ3) is 2.51. The van der Waals surface area contributed by atoms with Crippen LogP contribution in [0.15, 0.2) is 55.1 Å². The number of aliphatic hydroxyl groups is 1. The van der Waals surface area contributed by atoms with Gasteiger partial charge in [0.05, 0.1) is 12.0 Å². The molecule has 0 spiro atoms. The van der Waals surface area contributed by atoms with Gasteiger partial charge in [-0.25, -0.2) is 4.98 Å². The lowest BCUT2D eigenvalue weighted by molar-refractivity contribution is 0.0281. The normalized spacial score (nSPS) is 14.1. The van der Waals surface area contributed by atoms with Crippen molar-refractivity contribution in [1.82, 2.24) is 25.4 Å². The summed E-state index contributed by atoms with van der Waals surface area (Å²) >= 11 is 0. The number of nitrogens with zero attached hydrogens (tertiary/aromatic N) is 3. The fourth-order valence-corrected chi connectivity index (χ4v) is 3.23. The molecule has 0 fully saturated rings. The van der Waals surface area contributed by atoms with Crippen LogP contribution in [0.2, 0.25) is 0 Å². The highest BCUT2D eigenvalue weighted by Gasteiger charge is 2.37. The molecule has 0 aliphatic rings. The molecule has 1 unspecified atom stereocenters. The first kappa shape index (κ1) is 15.5. The number of fused-ring (bicyclic) bond motifs is 1. The Labute approximate surface area is 144 Å². The van der Waals surface area contributed by atoms with Gasteiger partial charge in [-0.1, -0.05) is 43.3 Å². The Kier molecular flexibility index (Phi) is 3.62. The molecule has 4 rings (SSSR count). The van der Waals surface area contributed by atoms with Crippen LogP contribution >= 0.6 is 0 Å². The number of nitrogens with one attached hydrogen (secondary N) is 2. The van der Waals surface area contributed by atoms with Gasteiger partial charge < -0.3 is 10.1 Å². The second-order valence-corrected chi connectivity index (χ2v) is 6.51. The number of imidazole rings is 1. The summed E-state index contributed by atoms with van der Waals surface area (Å²) in [5, 5.41) is 24.0. The Morgan fingerprint density at radius 3 is 2.52 bits per heavy atom. The SMILES string of the molecule is CC(C)C(O)(c1ccc2cc(-c3c[nH]nn3)ccc2c1)c1c[nH]cn1. The molecule has 6 nitrogen and oxygen atoms in total. The van der Waals surface area contributed by atoms with Crippen LogP contribution in [0.5, 0.6) is 0 Å². The molecule has 0 saturated carbocycles. The van der Waals surface area contributed by atoms with Crippen molar-refractivity contribution in [2.24, 2.45) is 5.92 Å². The summed E-state index contributed by atoms with van der Waals surface area (Å²) in [4.78, 5) is 7.22. The van der Waals surface area contributed by atoms with Gasteiger partial charge in [0.25, 0.3) is 0 Å². The molecule has 1 atom stereocenters. The van der Waals surface area contributed by atoms with E-state index in [9.17, 15) is 5.11 Å². The second-order valence-electron chi connectivity index (χ2n) is 6.51. The molecule has 0 amide bonds. The summed E-state index contributed by atoms with van der Waals surface area (Å²) in [6, 6.07) is 12.1. The zero-order valence-corrected chi connectivity index (χ0v) is 14.1. The Morgan fingerprint density at radius 1 is 1.04 bits per heavy atom. The predicted molar refractivity (Wildman–Crippen MR) is 95.7 cm³/mol. The maximum Gasteiger partial charge on any atom is 0.135 e. The van der Waals surface area contributed by atoms with Crippen LogP contribution in [0.25, 0.3) is 22.0 Å². The van der Waals surface area contributed by atoms with Gasteiger partial charge in [-0.3, -0.25) is 5.10 Å². The molecule has 0 aliphatic carbocycles. The Hall–Kier alpha value is -2.99. The number of aromatic nitrogens is 5. The maximum atomic E-state index is 11.4. The van der Waals surface area contributed by atoms with Gasteiger partial charge in [0.1, 0.15) is 11.3 Å². The van der Waals surface area contributed by atoms with Crippen LogP contribution in [0, 0.1) is 5.92 Å². The molecule has 3 N–H and O–H groups in total. The minimum absolute atomic E-state index is 0.0253. The highest BCUT2D eigenvalue weighted by atomic mass is 16.3. The molecule has 2 heterocycles.